The zero-order valence-corrected chi connectivity index (χ0v) is 5.95. The fourth-order valence-electron chi connectivity index (χ4n) is 0.734. The second-order valence-electron chi connectivity index (χ2n) is 2.11. The molecule has 0 saturated heterocycles. The van der Waals surface area contributed by atoms with Gasteiger partial charge in [-0.25, -0.2) is 4.79 Å². The van der Waals surface area contributed by atoms with Gasteiger partial charge in [-0.1, -0.05) is 18.2 Å². The standard InChI is InChI=1S/C8H9NO2/c10-8(11)6-9-7-4-2-1-3-5-7/h1-5,9H,6H2,(H,10,11)/q+1. The molecule has 0 unspecified atom stereocenters. The molecule has 0 aliphatic heterocycles. The first-order valence-electron chi connectivity index (χ1n) is 3.30. The maximum Gasteiger partial charge on any atom is 0.364 e. The molecule has 1 radical (unpaired) electrons. The molecule has 0 amide bonds. The van der Waals surface area contributed by atoms with Gasteiger partial charge >= 0.3 is 5.97 Å². The monoisotopic (exact) mass is 151 g/mol. The summed E-state index contributed by atoms with van der Waals surface area (Å²) in [5.41, 5.74) is 0.829. The SMILES string of the molecule is O=C(O)C[NH+]c1ccccc1. The molecule has 1 aromatic carbocycles. The van der Waals surface area contributed by atoms with Gasteiger partial charge in [0, 0.05) is 12.1 Å². The van der Waals surface area contributed by atoms with Gasteiger partial charge in [0.1, 0.15) is 0 Å². The van der Waals surface area contributed by atoms with E-state index in [1.165, 1.54) is 0 Å². The number of benzene rings is 1. The van der Waals surface area contributed by atoms with E-state index in [0.29, 0.717) is 0 Å². The molecule has 0 heterocycles. The van der Waals surface area contributed by atoms with E-state index in [0.717, 1.165) is 5.69 Å². The van der Waals surface area contributed by atoms with Gasteiger partial charge in [-0.2, -0.15) is 0 Å². The summed E-state index contributed by atoms with van der Waals surface area (Å²) in [5, 5.41) is 11.1. The average Bonchev–Trinajstić information content (AvgIpc) is 2.03. The van der Waals surface area contributed by atoms with Crippen LogP contribution in [0.4, 0.5) is 5.69 Å². The van der Waals surface area contributed by atoms with Crippen LogP contribution in [0.1, 0.15) is 0 Å². The Morgan fingerprint density at radius 2 is 2.00 bits per heavy atom. The summed E-state index contributed by atoms with van der Waals surface area (Å²) >= 11 is 0. The molecule has 11 heavy (non-hydrogen) atoms. The van der Waals surface area contributed by atoms with Crippen LogP contribution >= 0.6 is 0 Å². The number of para-hydroxylation sites is 1. The minimum atomic E-state index is -0.853. The molecule has 1 rings (SSSR count). The summed E-state index contributed by atoms with van der Waals surface area (Å²) in [6.45, 7) is -0.0377. The highest BCUT2D eigenvalue weighted by atomic mass is 16.4. The lowest BCUT2D eigenvalue weighted by Gasteiger charge is -1.88. The predicted octanol–water partition coefficient (Wildman–Crippen LogP) is -0.248. The first-order valence-corrected chi connectivity index (χ1v) is 3.30. The molecular formula is C8H9NO2+. The van der Waals surface area contributed by atoms with Crippen LogP contribution < -0.4 is 5.32 Å². The Balaban J connectivity index is 2.45. The molecule has 0 fully saturated rings. The number of carboxylic acids is 1. The molecule has 57 valence electrons. The molecule has 3 nitrogen and oxygen atoms in total. The van der Waals surface area contributed by atoms with Crippen molar-refractivity contribution in [1.29, 1.82) is 0 Å². The number of carboxylic acid groups (broad SMARTS) is 1. The number of hydrogen-bond donors (Lipinski definition) is 2. The normalized spacial score (nSPS) is 9.45. The highest BCUT2D eigenvalue weighted by Crippen LogP contribution is 1.95. The number of nitrogens with one attached hydrogen (secondary N) is 1. The molecule has 0 aliphatic carbocycles. The lowest BCUT2D eigenvalue weighted by molar-refractivity contribution is -0.561. The Kier molecular flexibility index (Phi) is 2.63. The Morgan fingerprint density at radius 1 is 1.36 bits per heavy atom. The number of carbonyl (C=O) groups is 1. The van der Waals surface area contributed by atoms with Gasteiger partial charge in [-0.05, 0) is 0 Å². The van der Waals surface area contributed by atoms with Crippen molar-refractivity contribution in [3.05, 3.63) is 30.3 Å². The van der Waals surface area contributed by atoms with E-state index in [-0.39, 0.29) is 6.54 Å². The molecule has 0 aliphatic rings. The van der Waals surface area contributed by atoms with E-state index in [1.807, 2.05) is 30.3 Å². The fourth-order valence-corrected chi connectivity index (χ4v) is 0.734. The van der Waals surface area contributed by atoms with E-state index in [1.54, 1.807) is 0 Å². The van der Waals surface area contributed by atoms with Crippen LogP contribution in [0.3, 0.4) is 0 Å². The Morgan fingerprint density at radius 3 is 2.55 bits per heavy atom. The topological polar surface area (TPSA) is 52.9 Å². The highest BCUT2D eigenvalue weighted by Gasteiger charge is 2.04. The van der Waals surface area contributed by atoms with Gasteiger partial charge in [0.25, 0.3) is 0 Å². The van der Waals surface area contributed by atoms with Crippen LogP contribution in [0.2, 0.25) is 0 Å². The first kappa shape index (κ1) is 7.75. The van der Waals surface area contributed by atoms with E-state index >= 15 is 0 Å². The van der Waals surface area contributed by atoms with Crippen molar-refractivity contribution < 1.29 is 15.2 Å². The quantitative estimate of drug-likeness (QED) is 0.626. The van der Waals surface area contributed by atoms with Crippen molar-refractivity contribution in [2.75, 3.05) is 6.54 Å². The summed E-state index contributed by atoms with van der Waals surface area (Å²) < 4.78 is 0. The van der Waals surface area contributed by atoms with Gasteiger partial charge in [0.2, 0.25) is 6.54 Å². The van der Waals surface area contributed by atoms with Gasteiger partial charge in [0.05, 0.1) is 0 Å². The van der Waals surface area contributed by atoms with Crippen LogP contribution in [0.15, 0.2) is 30.3 Å². The summed E-state index contributed by atoms with van der Waals surface area (Å²) in [7, 11) is 0. The predicted molar refractivity (Wildman–Crippen MR) is 39.6 cm³/mol. The number of aliphatic carboxylic acids is 1. The number of anilines is 1. The van der Waals surface area contributed by atoms with Crippen LogP contribution in [-0.2, 0) is 4.79 Å². The third-order valence-electron chi connectivity index (χ3n) is 1.22. The van der Waals surface area contributed by atoms with Crippen molar-refractivity contribution in [1.82, 2.24) is 0 Å². The molecule has 3 heteroatoms. The van der Waals surface area contributed by atoms with Gasteiger partial charge in [-0.3, -0.25) is 0 Å². The third-order valence-corrected chi connectivity index (χ3v) is 1.22. The van der Waals surface area contributed by atoms with Crippen molar-refractivity contribution in [2.24, 2.45) is 0 Å². The molecule has 0 atom stereocenters. The van der Waals surface area contributed by atoms with E-state index < -0.39 is 5.97 Å². The van der Waals surface area contributed by atoms with Crippen molar-refractivity contribution in [2.45, 2.75) is 0 Å². The van der Waals surface area contributed by atoms with Crippen molar-refractivity contribution >= 4 is 11.7 Å². The van der Waals surface area contributed by atoms with Crippen molar-refractivity contribution in [3.8, 4) is 0 Å². The average molecular weight is 151 g/mol. The molecule has 2 N–H and O–H groups in total. The summed E-state index contributed by atoms with van der Waals surface area (Å²) in [5.74, 6) is -0.853. The molecule has 1 aromatic rings. The molecule has 0 spiro atoms. The maximum atomic E-state index is 10.1. The van der Waals surface area contributed by atoms with Gasteiger partial charge < -0.3 is 5.11 Å². The zero-order chi connectivity index (χ0) is 8.10. The molecule has 0 bridgehead atoms. The smallest absolute Gasteiger partial charge is 0.364 e. The number of hydrogen-bond acceptors (Lipinski definition) is 2. The van der Waals surface area contributed by atoms with Gasteiger partial charge in [0.15, 0.2) is 5.69 Å². The fraction of sp³-hybridized carbons (Fsp3) is 0.125. The lowest BCUT2D eigenvalue weighted by Crippen LogP contribution is -2.79. The summed E-state index contributed by atoms with van der Waals surface area (Å²) in [4.78, 5) is 10.1. The molecule has 0 saturated carbocycles. The van der Waals surface area contributed by atoms with Crippen LogP contribution in [-0.4, -0.2) is 17.6 Å². The summed E-state index contributed by atoms with van der Waals surface area (Å²) in [6.07, 6.45) is 0. The number of rotatable bonds is 3. The van der Waals surface area contributed by atoms with E-state index in [9.17, 15) is 4.79 Å². The Hall–Kier alpha value is -1.35. The van der Waals surface area contributed by atoms with E-state index in [2.05, 4.69) is 5.32 Å². The van der Waals surface area contributed by atoms with E-state index in [4.69, 9.17) is 5.11 Å². The molecule has 0 aromatic heterocycles. The first-order chi connectivity index (χ1) is 5.29. The Labute approximate surface area is 64.7 Å². The van der Waals surface area contributed by atoms with Crippen LogP contribution in [0.25, 0.3) is 0 Å². The zero-order valence-electron chi connectivity index (χ0n) is 5.95. The second kappa shape index (κ2) is 3.73. The van der Waals surface area contributed by atoms with Gasteiger partial charge in [-0.15, -0.1) is 5.32 Å². The van der Waals surface area contributed by atoms with Crippen LogP contribution in [0.5, 0.6) is 0 Å². The largest absolute Gasteiger partial charge is 0.477 e. The minimum Gasteiger partial charge on any atom is -0.477 e. The maximum absolute atomic E-state index is 10.1. The molecular weight excluding hydrogens is 142 g/mol. The third kappa shape index (κ3) is 2.82. The lowest BCUT2D eigenvalue weighted by atomic mass is 10.3. The minimum absolute atomic E-state index is 0.0377. The highest BCUT2D eigenvalue weighted by molar-refractivity contribution is 5.67. The van der Waals surface area contributed by atoms with Crippen molar-refractivity contribution in [3.63, 3.8) is 0 Å². The van der Waals surface area contributed by atoms with Crippen LogP contribution in [0, 0.1) is 0 Å². The Bertz CT molecular complexity index is 233. The summed E-state index contributed by atoms with van der Waals surface area (Å²) in [6, 6.07) is 9.23. The second-order valence-corrected chi connectivity index (χ2v) is 2.11.